The molecule has 2 heteroatoms. The van der Waals surface area contributed by atoms with Crippen molar-refractivity contribution in [3.05, 3.63) is 76.3 Å². The first-order valence-corrected chi connectivity index (χ1v) is 6.07. The lowest BCUT2D eigenvalue weighted by atomic mass is 9.94. The zero-order valence-electron chi connectivity index (χ0n) is 10.1. The van der Waals surface area contributed by atoms with Crippen molar-refractivity contribution in [1.82, 2.24) is 0 Å². The van der Waals surface area contributed by atoms with Gasteiger partial charge in [0, 0.05) is 5.02 Å². The molecule has 0 aliphatic carbocycles. The van der Waals surface area contributed by atoms with Crippen molar-refractivity contribution < 1.29 is 4.79 Å². The molecule has 0 atom stereocenters. The van der Waals surface area contributed by atoms with E-state index in [9.17, 15) is 4.79 Å². The van der Waals surface area contributed by atoms with Gasteiger partial charge < -0.3 is 0 Å². The number of benzene rings is 2. The van der Waals surface area contributed by atoms with E-state index in [1.54, 1.807) is 0 Å². The van der Waals surface area contributed by atoms with Gasteiger partial charge in [0.1, 0.15) is 6.29 Å². The molecule has 0 saturated carbocycles. The van der Waals surface area contributed by atoms with Gasteiger partial charge in [-0.3, -0.25) is 4.79 Å². The average Bonchev–Trinajstić information content (AvgIpc) is 2.42. The van der Waals surface area contributed by atoms with Crippen molar-refractivity contribution in [3.63, 3.8) is 0 Å². The summed E-state index contributed by atoms with van der Waals surface area (Å²) in [7, 11) is 0. The molecule has 0 spiro atoms. The van der Waals surface area contributed by atoms with Crippen LogP contribution in [-0.4, -0.2) is 6.29 Å². The summed E-state index contributed by atoms with van der Waals surface area (Å²) in [5.41, 5.74) is 3.69. The molecule has 0 radical (unpaired) electrons. The van der Waals surface area contributed by atoms with Crippen molar-refractivity contribution in [2.75, 3.05) is 0 Å². The van der Waals surface area contributed by atoms with Gasteiger partial charge in [-0.25, -0.2) is 0 Å². The molecule has 2 rings (SSSR count). The Balaban J connectivity index is 2.58. The van der Waals surface area contributed by atoms with Gasteiger partial charge in [-0.2, -0.15) is 0 Å². The van der Waals surface area contributed by atoms with E-state index in [2.05, 4.69) is 0 Å². The fraction of sp³-hybridized carbons (Fsp3) is 0.0625. The fourth-order valence-corrected chi connectivity index (χ4v) is 2.03. The standard InChI is InChI=1S/C16H13ClO/c1-12(11-18)16(13-5-3-2-4-6-13)14-7-9-15(17)10-8-14/h2-11H,1H3/b16-12+. The molecular weight excluding hydrogens is 244 g/mol. The zero-order valence-corrected chi connectivity index (χ0v) is 10.8. The summed E-state index contributed by atoms with van der Waals surface area (Å²) in [5.74, 6) is 0. The molecule has 0 amide bonds. The molecule has 0 heterocycles. The van der Waals surface area contributed by atoms with E-state index in [4.69, 9.17) is 11.6 Å². The summed E-state index contributed by atoms with van der Waals surface area (Å²) in [4.78, 5) is 11.1. The van der Waals surface area contributed by atoms with E-state index in [-0.39, 0.29) is 0 Å². The molecular formula is C16H13ClO. The molecule has 0 unspecified atom stereocenters. The third kappa shape index (κ3) is 2.69. The van der Waals surface area contributed by atoms with Gasteiger partial charge in [-0.05, 0) is 41.3 Å². The molecule has 0 N–H and O–H groups in total. The highest BCUT2D eigenvalue weighted by Gasteiger charge is 2.08. The SMILES string of the molecule is C/C(C=O)=C(/c1ccccc1)c1ccc(Cl)cc1. The molecule has 2 aromatic rings. The van der Waals surface area contributed by atoms with E-state index in [1.807, 2.05) is 61.5 Å². The number of carbonyl (C=O) groups excluding carboxylic acids is 1. The number of aldehydes is 1. The third-order valence-corrected chi connectivity index (χ3v) is 3.02. The Morgan fingerprint density at radius 1 is 0.944 bits per heavy atom. The van der Waals surface area contributed by atoms with Gasteiger partial charge in [0.05, 0.1) is 0 Å². The molecule has 0 aromatic heterocycles. The highest BCUT2D eigenvalue weighted by molar-refractivity contribution is 6.30. The van der Waals surface area contributed by atoms with E-state index in [1.165, 1.54) is 0 Å². The average molecular weight is 257 g/mol. The van der Waals surface area contributed by atoms with Gasteiger partial charge in [-0.1, -0.05) is 54.1 Å². The zero-order chi connectivity index (χ0) is 13.0. The number of rotatable bonds is 3. The quantitative estimate of drug-likeness (QED) is 0.589. The Morgan fingerprint density at radius 2 is 1.50 bits per heavy atom. The smallest absolute Gasteiger partial charge is 0.146 e. The summed E-state index contributed by atoms with van der Waals surface area (Å²) in [6, 6.07) is 17.4. The van der Waals surface area contributed by atoms with E-state index in [0.29, 0.717) is 10.6 Å². The molecule has 1 nitrogen and oxygen atoms in total. The van der Waals surface area contributed by atoms with Crippen LogP contribution in [0.4, 0.5) is 0 Å². The predicted octanol–water partition coefficient (Wildman–Crippen LogP) is 4.36. The number of hydrogen-bond donors (Lipinski definition) is 0. The van der Waals surface area contributed by atoms with E-state index < -0.39 is 0 Å². The lowest BCUT2D eigenvalue weighted by molar-refractivity contribution is -0.104. The highest BCUT2D eigenvalue weighted by Crippen LogP contribution is 2.27. The van der Waals surface area contributed by atoms with Gasteiger partial charge in [0.25, 0.3) is 0 Å². The maximum Gasteiger partial charge on any atom is 0.146 e. The number of hydrogen-bond acceptors (Lipinski definition) is 1. The first-order valence-electron chi connectivity index (χ1n) is 5.70. The van der Waals surface area contributed by atoms with Crippen LogP contribution in [0.15, 0.2) is 60.2 Å². The number of halogens is 1. The minimum absolute atomic E-state index is 0.690. The summed E-state index contributed by atoms with van der Waals surface area (Å²) < 4.78 is 0. The topological polar surface area (TPSA) is 17.1 Å². The minimum Gasteiger partial charge on any atom is -0.298 e. The van der Waals surface area contributed by atoms with Crippen LogP contribution < -0.4 is 0 Å². The molecule has 0 aliphatic rings. The third-order valence-electron chi connectivity index (χ3n) is 2.77. The van der Waals surface area contributed by atoms with Crippen LogP contribution in [0.25, 0.3) is 5.57 Å². The molecule has 0 saturated heterocycles. The molecule has 0 fully saturated rings. The number of allylic oxidation sites excluding steroid dienone is 1. The highest BCUT2D eigenvalue weighted by atomic mass is 35.5. The van der Waals surface area contributed by atoms with Crippen LogP contribution in [0, 0.1) is 0 Å². The molecule has 18 heavy (non-hydrogen) atoms. The lowest BCUT2D eigenvalue weighted by Crippen LogP contribution is -1.93. The van der Waals surface area contributed by atoms with Crippen molar-refractivity contribution >= 4 is 23.5 Å². The fourth-order valence-electron chi connectivity index (χ4n) is 1.90. The van der Waals surface area contributed by atoms with Crippen LogP contribution >= 0.6 is 11.6 Å². The van der Waals surface area contributed by atoms with Gasteiger partial charge in [-0.15, -0.1) is 0 Å². The second-order valence-corrected chi connectivity index (χ2v) is 4.49. The first kappa shape index (κ1) is 12.6. The van der Waals surface area contributed by atoms with Crippen LogP contribution in [0.1, 0.15) is 18.1 Å². The van der Waals surface area contributed by atoms with Crippen molar-refractivity contribution in [2.24, 2.45) is 0 Å². The van der Waals surface area contributed by atoms with Gasteiger partial charge >= 0.3 is 0 Å². The second kappa shape index (κ2) is 5.65. The Labute approximate surface area is 112 Å². The minimum atomic E-state index is 0.690. The first-order chi connectivity index (χ1) is 8.72. The predicted molar refractivity (Wildman–Crippen MR) is 75.7 cm³/mol. The van der Waals surface area contributed by atoms with Gasteiger partial charge in [0.2, 0.25) is 0 Å². The summed E-state index contributed by atoms with van der Waals surface area (Å²) in [5, 5.41) is 0.690. The Bertz CT molecular complexity index is 568. The Kier molecular flexibility index (Phi) is 3.96. The molecule has 2 aromatic carbocycles. The maximum absolute atomic E-state index is 11.1. The van der Waals surface area contributed by atoms with Crippen LogP contribution in [0.5, 0.6) is 0 Å². The van der Waals surface area contributed by atoms with Crippen LogP contribution in [-0.2, 0) is 4.79 Å². The van der Waals surface area contributed by atoms with Crippen molar-refractivity contribution in [2.45, 2.75) is 6.92 Å². The molecule has 0 aliphatic heterocycles. The molecule has 90 valence electrons. The maximum atomic E-state index is 11.1. The number of carbonyl (C=O) groups is 1. The normalized spacial score (nSPS) is 11.9. The summed E-state index contributed by atoms with van der Waals surface area (Å²) in [6.07, 6.45) is 0.886. The molecule has 0 bridgehead atoms. The van der Waals surface area contributed by atoms with E-state index in [0.717, 1.165) is 23.0 Å². The van der Waals surface area contributed by atoms with E-state index >= 15 is 0 Å². The van der Waals surface area contributed by atoms with Crippen molar-refractivity contribution in [3.8, 4) is 0 Å². The Hall–Kier alpha value is -1.86. The Morgan fingerprint density at radius 3 is 2.06 bits per heavy atom. The second-order valence-electron chi connectivity index (χ2n) is 4.05. The van der Waals surface area contributed by atoms with Crippen LogP contribution in [0.2, 0.25) is 5.02 Å². The largest absolute Gasteiger partial charge is 0.298 e. The summed E-state index contributed by atoms with van der Waals surface area (Å²) in [6.45, 7) is 1.82. The lowest BCUT2D eigenvalue weighted by Gasteiger charge is -2.10. The van der Waals surface area contributed by atoms with Gasteiger partial charge in [0.15, 0.2) is 0 Å². The monoisotopic (exact) mass is 256 g/mol. The van der Waals surface area contributed by atoms with Crippen molar-refractivity contribution in [1.29, 1.82) is 0 Å². The summed E-state index contributed by atoms with van der Waals surface area (Å²) >= 11 is 5.89. The van der Waals surface area contributed by atoms with Crippen LogP contribution in [0.3, 0.4) is 0 Å².